The predicted octanol–water partition coefficient (Wildman–Crippen LogP) is 2.22. The molecule has 1 aromatic rings. The number of anilines is 1. The van der Waals surface area contributed by atoms with Gasteiger partial charge >= 0.3 is 0 Å². The van der Waals surface area contributed by atoms with Crippen molar-refractivity contribution in [1.82, 2.24) is 4.90 Å². The van der Waals surface area contributed by atoms with E-state index in [1.54, 1.807) is 4.90 Å². The molecular weight excluding hydrogens is 284 g/mol. The topological polar surface area (TPSA) is 58.4 Å². The molecule has 0 bridgehead atoms. The van der Waals surface area contributed by atoms with E-state index < -0.39 is 17.3 Å². The van der Waals surface area contributed by atoms with E-state index in [1.165, 1.54) is 0 Å². The lowest BCUT2D eigenvalue weighted by Gasteiger charge is -2.32. The molecule has 0 spiro atoms. The molecule has 4 nitrogen and oxygen atoms in total. The largest absolute Gasteiger partial charge is 0.337 e. The Labute approximate surface area is 120 Å². The Morgan fingerprint density at radius 3 is 2.70 bits per heavy atom. The molecule has 0 saturated carbocycles. The summed E-state index contributed by atoms with van der Waals surface area (Å²) in [6, 6.07) is 2.03. The number of carbonyl (C=O) groups excluding carboxylic acids is 1. The number of nitrogen functional groups attached to an aromatic ring is 1. The number of thioether (sulfide) groups is 1. The van der Waals surface area contributed by atoms with E-state index in [2.05, 4.69) is 6.92 Å². The highest BCUT2D eigenvalue weighted by Gasteiger charge is 2.25. The van der Waals surface area contributed by atoms with Gasteiger partial charge in [0.15, 0.2) is 11.6 Å². The van der Waals surface area contributed by atoms with Crippen molar-refractivity contribution >= 4 is 23.4 Å². The number of hydrazine groups is 1. The number of nitrogens with two attached hydrogens (primary N) is 1. The van der Waals surface area contributed by atoms with Crippen LogP contribution in [-0.2, 0) is 0 Å². The van der Waals surface area contributed by atoms with Crippen molar-refractivity contribution in [2.45, 2.75) is 18.6 Å². The van der Waals surface area contributed by atoms with Crippen LogP contribution in [0, 0.1) is 11.6 Å². The summed E-state index contributed by atoms with van der Waals surface area (Å²) < 4.78 is 27.2. The zero-order chi connectivity index (χ0) is 14.7. The molecule has 1 aliphatic heterocycles. The minimum absolute atomic E-state index is 0.0146. The zero-order valence-electron chi connectivity index (χ0n) is 11.2. The fourth-order valence-corrected chi connectivity index (χ4v) is 3.35. The van der Waals surface area contributed by atoms with Gasteiger partial charge in [-0.3, -0.25) is 10.6 Å². The molecule has 0 aliphatic carbocycles. The van der Waals surface area contributed by atoms with Crippen LogP contribution in [0.5, 0.6) is 0 Å². The van der Waals surface area contributed by atoms with Crippen molar-refractivity contribution in [3.63, 3.8) is 0 Å². The van der Waals surface area contributed by atoms with Crippen LogP contribution in [0.15, 0.2) is 12.1 Å². The van der Waals surface area contributed by atoms with Gasteiger partial charge in [0.1, 0.15) is 5.69 Å². The first-order valence-electron chi connectivity index (χ1n) is 6.43. The van der Waals surface area contributed by atoms with Gasteiger partial charge in [0, 0.05) is 29.7 Å². The first-order chi connectivity index (χ1) is 9.56. The van der Waals surface area contributed by atoms with Gasteiger partial charge < -0.3 is 10.3 Å². The summed E-state index contributed by atoms with van der Waals surface area (Å²) in [6.45, 7) is 3.27. The van der Waals surface area contributed by atoms with E-state index in [9.17, 15) is 13.6 Å². The first kappa shape index (κ1) is 15.1. The molecule has 7 heteroatoms. The van der Waals surface area contributed by atoms with E-state index in [-0.39, 0.29) is 11.5 Å². The summed E-state index contributed by atoms with van der Waals surface area (Å²) in [6.07, 6.45) is 0.965. The lowest BCUT2D eigenvalue weighted by atomic mass is 10.1. The van der Waals surface area contributed by atoms with Crippen LogP contribution in [-0.4, -0.2) is 34.9 Å². The van der Waals surface area contributed by atoms with Crippen molar-refractivity contribution in [3.8, 4) is 0 Å². The van der Waals surface area contributed by atoms with Gasteiger partial charge in [-0.25, -0.2) is 8.78 Å². The van der Waals surface area contributed by atoms with Crippen LogP contribution in [0.25, 0.3) is 0 Å². The summed E-state index contributed by atoms with van der Waals surface area (Å²) in [5, 5.41) is 0.382. The van der Waals surface area contributed by atoms with Gasteiger partial charge in [-0.15, -0.1) is 0 Å². The second-order valence-electron chi connectivity index (χ2n) is 4.61. The molecule has 3 N–H and O–H groups in total. The zero-order valence-corrected chi connectivity index (χ0v) is 12.0. The van der Waals surface area contributed by atoms with Crippen molar-refractivity contribution in [3.05, 3.63) is 29.3 Å². The Balaban J connectivity index is 2.21. The summed E-state index contributed by atoms with van der Waals surface area (Å²) in [7, 11) is 0. The van der Waals surface area contributed by atoms with E-state index >= 15 is 0 Å². The summed E-state index contributed by atoms with van der Waals surface area (Å²) in [4.78, 5) is 13.9. The number of rotatable bonds is 3. The molecule has 1 fully saturated rings. The van der Waals surface area contributed by atoms with E-state index in [0.717, 1.165) is 24.3 Å². The van der Waals surface area contributed by atoms with Gasteiger partial charge in [0.2, 0.25) is 0 Å². The molecule has 1 heterocycles. The molecule has 110 valence electrons. The van der Waals surface area contributed by atoms with Crippen LogP contribution in [0.4, 0.5) is 14.5 Å². The normalized spacial score (nSPS) is 19.0. The van der Waals surface area contributed by atoms with Gasteiger partial charge in [-0.1, -0.05) is 6.92 Å². The monoisotopic (exact) mass is 301 g/mol. The van der Waals surface area contributed by atoms with Gasteiger partial charge in [0.25, 0.3) is 5.91 Å². The van der Waals surface area contributed by atoms with Gasteiger partial charge in [-0.05, 0) is 18.6 Å². The lowest BCUT2D eigenvalue weighted by molar-refractivity contribution is 0.0760. The van der Waals surface area contributed by atoms with Crippen molar-refractivity contribution < 1.29 is 13.6 Å². The van der Waals surface area contributed by atoms with Crippen LogP contribution in [0.3, 0.4) is 0 Å². The van der Waals surface area contributed by atoms with Gasteiger partial charge in [-0.2, -0.15) is 11.8 Å². The number of halogens is 2. The van der Waals surface area contributed by atoms with E-state index in [4.69, 9.17) is 5.84 Å². The number of carbonyl (C=O) groups is 1. The summed E-state index contributed by atoms with van der Waals surface area (Å²) in [5.41, 5.74) is 1.53. The lowest BCUT2D eigenvalue weighted by Crippen LogP contribution is -2.41. The van der Waals surface area contributed by atoms with E-state index in [0.29, 0.717) is 18.3 Å². The third-order valence-corrected chi connectivity index (χ3v) is 4.69. The van der Waals surface area contributed by atoms with Crippen molar-refractivity contribution in [1.29, 1.82) is 0 Å². The fourth-order valence-electron chi connectivity index (χ4n) is 2.17. The number of nitrogens with one attached hydrogen (secondary N) is 1. The second-order valence-corrected chi connectivity index (χ2v) is 6.02. The van der Waals surface area contributed by atoms with Crippen molar-refractivity contribution in [2.75, 3.05) is 24.3 Å². The van der Waals surface area contributed by atoms with Crippen molar-refractivity contribution in [2.24, 2.45) is 5.84 Å². The number of nitrogens with zero attached hydrogens (tertiary/aromatic N) is 1. The second kappa shape index (κ2) is 6.41. The molecule has 1 aliphatic rings. The van der Waals surface area contributed by atoms with Crippen LogP contribution in [0.1, 0.15) is 23.7 Å². The quantitative estimate of drug-likeness (QED) is 0.664. The average Bonchev–Trinajstić information content (AvgIpc) is 2.46. The summed E-state index contributed by atoms with van der Waals surface area (Å²) in [5.74, 6) is 3.80. The first-order valence-corrected chi connectivity index (χ1v) is 7.48. The molecule has 1 saturated heterocycles. The van der Waals surface area contributed by atoms with Gasteiger partial charge in [0.05, 0.1) is 0 Å². The molecule has 1 amide bonds. The minimum Gasteiger partial charge on any atom is -0.337 e. The van der Waals surface area contributed by atoms with E-state index in [1.807, 2.05) is 17.2 Å². The number of hydrogen-bond donors (Lipinski definition) is 2. The highest BCUT2D eigenvalue weighted by atomic mass is 32.2. The third-order valence-electron chi connectivity index (χ3n) is 3.31. The maximum Gasteiger partial charge on any atom is 0.254 e. The maximum absolute atomic E-state index is 13.6. The Morgan fingerprint density at radius 1 is 1.50 bits per heavy atom. The Bertz CT molecular complexity index is 489. The standard InChI is InChI=1S/C13H17F2N3OS/c1-2-9-7-18(3-4-20-9)13(19)8-5-10(14)12(17-16)11(15)6-8/h5-6,9,17H,2-4,7,16H2,1H3. The molecule has 20 heavy (non-hydrogen) atoms. The highest BCUT2D eigenvalue weighted by molar-refractivity contribution is 8.00. The minimum atomic E-state index is -0.866. The summed E-state index contributed by atoms with van der Waals surface area (Å²) >= 11 is 1.82. The average molecular weight is 301 g/mol. The molecule has 1 atom stereocenters. The van der Waals surface area contributed by atoms with Crippen LogP contribution < -0.4 is 11.3 Å². The molecule has 0 aromatic heterocycles. The van der Waals surface area contributed by atoms with Crippen LogP contribution >= 0.6 is 11.8 Å². The van der Waals surface area contributed by atoms with Crippen LogP contribution in [0.2, 0.25) is 0 Å². The molecular formula is C13H17F2N3OS. The fraction of sp³-hybridized carbons (Fsp3) is 0.462. The Hall–Kier alpha value is -1.34. The molecule has 2 rings (SSSR count). The molecule has 1 unspecified atom stereocenters. The Morgan fingerprint density at radius 2 is 2.15 bits per heavy atom. The predicted molar refractivity (Wildman–Crippen MR) is 76.6 cm³/mol. The smallest absolute Gasteiger partial charge is 0.254 e. The Kier molecular flexibility index (Phi) is 4.82. The highest BCUT2D eigenvalue weighted by Crippen LogP contribution is 2.24. The number of benzene rings is 1. The maximum atomic E-state index is 13.6. The number of amides is 1. The SMILES string of the molecule is CCC1CN(C(=O)c2cc(F)c(NN)c(F)c2)CCS1. The molecule has 1 aromatic carbocycles. The molecule has 0 radical (unpaired) electrons. The number of hydrogen-bond acceptors (Lipinski definition) is 4. The third kappa shape index (κ3) is 3.04.